The summed E-state index contributed by atoms with van der Waals surface area (Å²) in [5, 5.41) is 19.4. The van der Waals surface area contributed by atoms with Crippen molar-refractivity contribution in [1.82, 2.24) is 0 Å². The van der Waals surface area contributed by atoms with E-state index in [1.807, 2.05) is 50.3 Å². The fraction of sp³-hybridized carbons (Fsp3) is 0.600. The Bertz CT molecular complexity index is 635. The zero-order valence-corrected chi connectivity index (χ0v) is 17.9. The SMILES string of the molecule is C[C@@H](c1ccccc1)C(C)(C(=O)O)[C@H](CC(=O)O)O[Si](C)(C)C(C)(C)C. The van der Waals surface area contributed by atoms with Crippen LogP contribution < -0.4 is 0 Å². The molecule has 1 unspecified atom stereocenters. The molecule has 5 nitrogen and oxygen atoms in total. The van der Waals surface area contributed by atoms with Gasteiger partial charge in [0.25, 0.3) is 0 Å². The summed E-state index contributed by atoms with van der Waals surface area (Å²) in [5.74, 6) is -2.50. The third-order valence-electron chi connectivity index (χ3n) is 5.93. The summed E-state index contributed by atoms with van der Waals surface area (Å²) in [6, 6.07) is 9.32. The average molecular weight is 381 g/mol. The van der Waals surface area contributed by atoms with Gasteiger partial charge in [0, 0.05) is 0 Å². The minimum atomic E-state index is -2.36. The van der Waals surface area contributed by atoms with Gasteiger partial charge in [-0.15, -0.1) is 0 Å². The molecule has 0 radical (unpaired) electrons. The van der Waals surface area contributed by atoms with Gasteiger partial charge in [-0.05, 0) is 36.5 Å². The molecular formula is C20H32O5Si. The molecule has 26 heavy (non-hydrogen) atoms. The van der Waals surface area contributed by atoms with Crippen molar-refractivity contribution in [3.8, 4) is 0 Å². The lowest BCUT2D eigenvalue weighted by molar-refractivity contribution is -0.158. The molecular weight excluding hydrogens is 348 g/mol. The lowest BCUT2D eigenvalue weighted by Gasteiger charge is -2.45. The second-order valence-corrected chi connectivity index (χ2v) is 13.4. The molecule has 0 fully saturated rings. The predicted molar refractivity (Wildman–Crippen MR) is 105 cm³/mol. The van der Waals surface area contributed by atoms with Gasteiger partial charge >= 0.3 is 11.9 Å². The number of hydrogen-bond donors (Lipinski definition) is 2. The molecule has 0 heterocycles. The summed E-state index contributed by atoms with van der Waals surface area (Å²) < 4.78 is 6.36. The fourth-order valence-corrected chi connectivity index (χ4v) is 4.15. The van der Waals surface area contributed by atoms with Crippen LogP contribution in [0.2, 0.25) is 18.1 Å². The second kappa shape index (κ2) is 7.92. The Kier molecular flexibility index (Phi) is 6.82. The maximum atomic E-state index is 12.3. The van der Waals surface area contributed by atoms with E-state index in [-0.39, 0.29) is 11.5 Å². The van der Waals surface area contributed by atoms with Crippen molar-refractivity contribution >= 4 is 20.3 Å². The van der Waals surface area contributed by atoms with Crippen molar-refractivity contribution in [1.29, 1.82) is 0 Å². The van der Waals surface area contributed by atoms with E-state index in [2.05, 4.69) is 20.8 Å². The van der Waals surface area contributed by atoms with E-state index in [4.69, 9.17) is 4.43 Å². The third kappa shape index (κ3) is 4.74. The smallest absolute Gasteiger partial charge is 0.312 e. The van der Waals surface area contributed by atoms with Crippen LogP contribution in [0.25, 0.3) is 0 Å². The summed E-state index contributed by atoms with van der Waals surface area (Å²) in [6.45, 7) is 13.6. The van der Waals surface area contributed by atoms with Gasteiger partial charge in [-0.25, -0.2) is 0 Å². The Labute approximate surface area is 157 Å². The van der Waals surface area contributed by atoms with E-state index in [1.54, 1.807) is 6.92 Å². The zero-order valence-electron chi connectivity index (χ0n) is 16.9. The van der Waals surface area contributed by atoms with Crippen molar-refractivity contribution in [3.05, 3.63) is 35.9 Å². The Hall–Kier alpha value is -1.66. The highest BCUT2D eigenvalue weighted by molar-refractivity contribution is 6.74. The maximum absolute atomic E-state index is 12.3. The van der Waals surface area contributed by atoms with Gasteiger partial charge in [0.2, 0.25) is 0 Å². The van der Waals surface area contributed by atoms with Gasteiger partial charge in [0.1, 0.15) is 0 Å². The molecule has 0 aliphatic carbocycles. The topological polar surface area (TPSA) is 83.8 Å². The summed E-state index contributed by atoms with van der Waals surface area (Å²) in [6.07, 6.45) is -1.26. The van der Waals surface area contributed by atoms with Gasteiger partial charge in [0.05, 0.1) is 17.9 Å². The molecule has 3 atom stereocenters. The summed E-state index contributed by atoms with van der Waals surface area (Å²) in [7, 11) is -2.36. The Morgan fingerprint density at radius 1 is 1.08 bits per heavy atom. The first-order valence-electron chi connectivity index (χ1n) is 8.91. The molecule has 1 aromatic rings. The monoisotopic (exact) mass is 380 g/mol. The summed E-state index contributed by atoms with van der Waals surface area (Å²) >= 11 is 0. The number of carboxylic acids is 2. The van der Waals surface area contributed by atoms with E-state index in [0.29, 0.717) is 0 Å². The number of carboxylic acid groups (broad SMARTS) is 2. The molecule has 0 amide bonds. The van der Waals surface area contributed by atoms with Crippen molar-refractivity contribution < 1.29 is 24.2 Å². The molecule has 0 aliphatic heterocycles. The van der Waals surface area contributed by atoms with Crippen LogP contribution in [0.3, 0.4) is 0 Å². The standard InChI is InChI=1S/C20H32O5Si/c1-14(15-11-9-8-10-12-15)20(5,18(23)24)16(13-17(21)22)25-26(6,7)19(2,3)4/h8-12,14,16H,13H2,1-7H3,(H,21,22)(H,23,24)/t14-,16-,20?/m0/s1. The fourth-order valence-electron chi connectivity index (χ4n) is 2.76. The number of carbonyl (C=O) groups is 2. The van der Waals surface area contributed by atoms with Gasteiger partial charge in [-0.3, -0.25) is 9.59 Å². The first kappa shape index (κ1) is 22.4. The van der Waals surface area contributed by atoms with E-state index < -0.39 is 37.7 Å². The van der Waals surface area contributed by atoms with E-state index >= 15 is 0 Å². The molecule has 0 aromatic heterocycles. The van der Waals surface area contributed by atoms with Crippen molar-refractivity contribution in [2.45, 2.75) is 71.2 Å². The lowest BCUT2D eigenvalue weighted by atomic mass is 9.69. The predicted octanol–water partition coefficient (Wildman–Crippen LogP) is 4.75. The van der Waals surface area contributed by atoms with Crippen LogP contribution in [-0.2, 0) is 14.0 Å². The highest BCUT2D eigenvalue weighted by atomic mass is 28.4. The Morgan fingerprint density at radius 3 is 1.96 bits per heavy atom. The zero-order chi connectivity index (χ0) is 20.3. The average Bonchev–Trinajstić information content (AvgIpc) is 2.51. The van der Waals surface area contributed by atoms with Crippen molar-refractivity contribution in [2.24, 2.45) is 5.41 Å². The molecule has 1 aromatic carbocycles. The number of aliphatic carboxylic acids is 2. The van der Waals surface area contributed by atoms with Crippen LogP contribution in [-0.4, -0.2) is 36.6 Å². The molecule has 0 spiro atoms. The van der Waals surface area contributed by atoms with Crippen LogP contribution in [0.4, 0.5) is 0 Å². The highest BCUT2D eigenvalue weighted by Gasteiger charge is 2.51. The van der Waals surface area contributed by atoms with Crippen LogP contribution in [0.1, 0.15) is 52.5 Å². The highest BCUT2D eigenvalue weighted by Crippen LogP contribution is 2.45. The van der Waals surface area contributed by atoms with Crippen LogP contribution in [0, 0.1) is 5.41 Å². The normalized spacial score (nSPS) is 17.2. The summed E-state index contributed by atoms with van der Waals surface area (Å²) in [5.41, 5.74) is -0.512. The number of hydrogen-bond acceptors (Lipinski definition) is 3. The first-order valence-corrected chi connectivity index (χ1v) is 11.8. The molecule has 6 heteroatoms. The van der Waals surface area contributed by atoms with Crippen molar-refractivity contribution in [3.63, 3.8) is 0 Å². The van der Waals surface area contributed by atoms with E-state index in [9.17, 15) is 19.8 Å². The second-order valence-electron chi connectivity index (χ2n) is 8.68. The van der Waals surface area contributed by atoms with Crippen LogP contribution in [0.15, 0.2) is 30.3 Å². The quantitative estimate of drug-likeness (QED) is 0.636. The Balaban J connectivity index is 3.41. The first-order chi connectivity index (χ1) is 11.7. The Morgan fingerprint density at radius 2 is 1.58 bits per heavy atom. The van der Waals surface area contributed by atoms with Gasteiger partial charge < -0.3 is 14.6 Å². The minimum Gasteiger partial charge on any atom is -0.481 e. The number of rotatable bonds is 8. The molecule has 0 saturated carbocycles. The maximum Gasteiger partial charge on any atom is 0.312 e. The van der Waals surface area contributed by atoms with Gasteiger partial charge in [-0.2, -0.15) is 0 Å². The molecule has 146 valence electrons. The molecule has 2 N–H and O–H groups in total. The molecule has 0 bridgehead atoms. The number of benzene rings is 1. The van der Waals surface area contributed by atoms with E-state index in [1.165, 1.54) is 0 Å². The van der Waals surface area contributed by atoms with Crippen molar-refractivity contribution in [2.75, 3.05) is 0 Å². The summed E-state index contributed by atoms with van der Waals surface area (Å²) in [4.78, 5) is 23.9. The van der Waals surface area contributed by atoms with Gasteiger partial charge in [-0.1, -0.05) is 58.0 Å². The van der Waals surface area contributed by atoms with Crippen LogP contribution in [0.5, 0.6) is 0 Å². The molecule has 0 aliphatic rings. The third-order valence-corrected chi connectivity index (χ3v) is 10.4. The minimum absolute atomic E-state index is 0.154. The lowest BCUT2D eigenvalue weighted by Crippen LogP contribution is -2.53. The van der Waals surface area contributed by atoms with E-state index in [0.717, 1.165) is 5.56 Å². The largest absolute Gasteiger partial charge is 0.481 e. The molecule has 1 rings (SSSR count). The molecule has 0 saturated heterocycles. The van der Waals surface area contributed by atoms with Gasteiger partial charge in [0.15, 0.2) is 8.32 Å². The van der Waals surface area contributed by atoms with Crippen LogP contribution >= 0.6 is 0 Å².